The average Bonchev–Trinajstić information content (AvgIpc) is 2.69. The minimum atomic E-state index is 0.472. The van der Waals surface area contributed by atoms with E-state index in [0.717, 1.165) is 19.6 Å². The summed E-state index contributed by atoms with van der Waals surface area (Å²) >= 11 is 1.75. The number of piperazine rings is 1. The van der Waals surface area contributed by atoms with E-state index >= 15 is 0 Å². The molecule has 1 aromatic rings. The Morgan fingerprint density at radius 1 is 1.71 bits per heavy atom. The topological polar surface area (TPSA) is 28.2 Å². The van der Waals surface area contributed by atoms with E-state index in [0.29, 0.717) is 12.1 Å². The third kappa shape index (κ3) is 2.13. The van der Waals surface area contributed by atoms with Gasteiger partial charge in [0.1, 0.15) is 5.01 Å². The SMILES string of the molecule is C[C@H]1CN([C@@H](C)c2nccs2)CCN1. The lowest BCUT2D eigenvalue weighted by molar-refractivity contribution is 0.158. The fourth-order valence-corrected chi connectivity index (χ4v) is 2.64. The van der Waals surface area contributed by atoms with Crippen molar-refractivity contribution in [3.63, 3.8) is 0 Å². The summed E-state index contributed by atoms with van der Waals surface area (Å²) in [7, 11) is 0. The molecule has 0 unspecified atom stereocenters. The summed E-state index contributed by atoms with van der Waals surface area (Å²) in [6, 6.07) is 1.07. The largest absolute Gasteiger partial charge is 0.312 e. The minimum Gasteiger partial charge on any atom is -0.312 e. The van der Waals surface area contributed by atoms with Gasteiger partial charge in [-0.1, -0.05) is 0 Å². The summed E-state index contributed by atoms with van der Waals surface area (Å²) in [6.07, 6.45) is 1.89. The van der Waals surface area contributed by atoms with Gasteiger partial charge >= 0.3 is 0 Å². The van der Waals surface area contributed by atoms with E-state index in [1.165, 1.54) is 5.01 Å². The summed E-state index contributed by atoms with van der Waals surface area (Å²) in [5, 5.41) is 6.74. The van der Waals surface area contributed by atoms with Gasteiger partial charge in [-0.2, -0.15) is 0 Å². The monoisotopic (exact) mass is 211 g/mol. The van der Waals surface area contributed by atoms with Crippen LogP contribution in [0.15, 0.2) is 11.6 Å². The Kier molecular flexibility index (Phi) is 3.15. The summed E-state index contributed by atoms with van der Waals surface area (Å²) < 4.78 is 0. The molecule has 1 aliphatic heterocycles. The Hall–Kier alpha value is -0.450. The van der Waals surface area contributed by atoms with Crippen molar-refractivity contribution >= 4 is 11.3 Å². The van der Waals surface area contributed by atoms with Crippen LogP contribution in [-0.2, 0) is 0 Å². The third-order valence-electron chi connectivity index (χ3n) is 2.76. The van der Waals surface area contributed by atoms with Crippen molar-refractivity contribution in [1.82, 2.24) is 15.2 Å². The third-order valence-corrected chi connectivity index (χ3v) is 3.70. The Bertz CT molecular complexity index is 273. The maximum atomic E-state index is 4.37. The summed E-state index contributed by atoms with van der Waals surface area (Å²) in [4.78, 5) is 6.87. The van der Waals surface area contributed by atoms with E-state index in [2.05, 4.69) is 34.4 Å². The molecule has 2 heterocycles. The van der Waals surface area contributed by atoms with E-state index in [1.54, 1.807) is 11.3 Å². The van der Waals surface area contributed by atoms with Gasteiger partial charge < -0.3 is 5.32 Å². The molecule has 1 N–H and O–H groups in total. The van der Waals surface area contributed by atoms with Crippen LogP contribution in [0.1, 0.15) is 24.9 Å². The van der Waals surface area contributed by atoms with Crippen LogP contribution in [0.2, 0.25) is 0 Å². The maximum Gasteiger partial charge on any atom is 0.109 e. The zero-order chi connectivity index (χ0) is 9.97. The number of thiazole rings is 1. The average molecular weight is 211 g/mol. The van der Waals surface area contributed by atoms with Gasteiger partial charge in [-0.3, -0.25) is 4.90 Å². The van der Waals surface area contributed by atoms with Crippen molar-refractivity contribution in [3.8, 4) is 0 Å². The molecule has 0 aliphatic carbocycles. The first-order valence-corrected chi connectivity index (χ1v) is 6.02. The molecule has 1 aliphatic rings. The highest BCUT2D eigenvalue weighted by Gasteiger charge is 2.22. The second-order valence-electron chi connectivity index (χ2n) is 3.90. The highest BCUT2D eigenvalue weighted by atomic mass is 32.1. The van der Waals surface area contributed by atoms with E-state index in [9.17, 15) is 0 Å². The lowest BCUT2D eigenvalue weighted by Crippen LogP contribution is -2.49. The number of rotatable bonds is 2. The molecule has 2 atom stereocenters. The van der Waals surface area contributed by atoms with Crippen LogP contribution >= 0.6 is 11.3 Å². The van der Waals surface area contributed by atoms with Crippen LogP contribution in [0.5, 0.6) is 0 Å². The molecule has 3 nitrogen and oxygen atoms in total. The molecule has 0 saturated carbocycles. The Balaban J connectivity index is 2.00. The van der Waals surface area contributed by atoms with Crippen LogP contribution < -0.4 is 5.32 Å². The first kappa shape index (κ1) is 10.1. The standard InChI is InChI=1S/C10H17N3S/c1-8-7-13(5-3-11-8)9(2)10-12-4-6-14-10/h4,6,8-9,11H,3,5,7H2,1-2H3/t8-,9-/m0/s1. The van der Waals surface area contributed by atoms with Gasteiger partial charge in [-0.05, 0) is 13.8 Å². The van der Waals surface area contributed by atoms with Gasteiger partial charge in [0, 0.05) is 37.3 Å². The lowest BCUT2D eigenvalue weighted by atomic mass is 10.2. The molecule has 0 spiro atoms. The number of hydrogen-bond donors (Lipinski definition) is 1. The van der Waals surface area contributed by atoms with Gasteiger partial charge in [0.25, 0.3) is 0 Å². The molecule has 0 amide bonds. The quantitative estimate of drug-likeness (QED) is 0.803. The normalized spacial score (nSPS) is 26.3. The predicted molar refractivity (Wildman–Crippen MR) is 59.6 cm³/mol. The van der Waals surface area contributed by atoms with Crippen LogP contribution in [0, 0.1) is 0 Å². The van der Waals surface area contributed by atoms with Gasteiger partial charge in [-0.25, -0.2) is 4.98 Å². The van der Waals surface area contributed by atoms with E-state index in [-0.39, 0.29) is 0 Å². The molecule has 2 rings (SSSR count). The molecule has 1 saturated heterocycles. The molecule has 0 aromatic carbocycles. The Morgan fingerprint density at radius 2 is 2.57 bits per heavy atom. The van der Waals surface area contributed by atoms with Crippen molar-refractivity contribution in [2.45, 2.75) is 25.9 Å². The smallest absolute Gasteiger partial charge is 0.109 e. The summed E-state index contributed by atoms with van der Waals surface area (Å²) in [5.74, 6) is 0. The summed E-state index contributed by atoms with van der Waals surface area (Å²) in [6.45, 7) is 7.83. The second-order valence-corrected chi connectivity index (χ2v) is 4.82. The molecule has 0 bridgehead atoms. The van der Waals surface area contributed by atoms with Crippen molar-refractivity contribution < 1.29 is 0 Å². The van der Waals surface area contributed by atoms with Gasteiger partial charge in [-0.15, -0.1) is 11.3 Å². The van der Waals surface area contributed by atoms with Crippen LogP contribution in [0.25, 0.3) is 0 Å². The van der Waals surface area contributed by atoms with Crippen LogP contribution in [-0.4, -0.2) is 35.6 Å². The van der Waals surface area contributed by atoms with Crippen LogP contribution in [0.3, 0.4) is 0 Å². The molecule has 14 heavy (non-hydrogen) atoms. The molecule has 1 aromatic heterocycles. The second kappa shape index (κ2) is 4.38. The molecule has 78 valence electrons. The molecule has 1 fully saturated rings. The molecular weight excluding hydrogens is 194 g/mol. The highest BCUT2D eigenvalue weighted by Crippen LogP contribution is 2.22. The fraction of sp³-hybridized carbons (Fsp3) is 0.700. The number of hydrogen-bond acceptors (Lipinski definition) is 4. The molecule has 0 radical (unpaired) electrons. The lowest BCUT2D eigenvalue weighted by Gasteiger charge is -2.35. The van der Waals surface area contributed by atoms with Crippen molar-refractivity contribution in [2.75, 3.05) is 19.6 Å². The van der Waals surface area contributed by atoms with E-state index in [4.69, 9.17) is 0 Å². The fourth-order valence-electron chi connectivity index (χ4n) is 1.91. The zero-order valence-electron chi connectivity index (χ0n) is 8.73. The van der Waals surface area contributed by atoms with E-state index in [1.807, 2.05) is 6.20 Å². The van der Waals surface area contributed by atoms with Gasteiger partial charge in [0.05, 0.1) is 6.04 Å². The first-order valence-electron chi connectivity index (χ1n) is 5.14. The first-order chi connectivity index (χ1) is 6.77. The number of aromatic nitrogens is 1. The highest BCUT2D eigenvalue weighted by molar-refractivity contribution is 7.09. The van der Waals surface area contributed by atoms with E-state index < -0.39 is 0 Å². The van der Waals surface area contributed by atoms with Crippen LogP contribution in [0.4, 0.5) is 0 Å². The minimum absolute atomic E-state index is 0.472. The van der Waals surface area contributed by atoms with Crippen molar-refractivity contribution in [3.05, 3.63) is 16.6 Å². The maximum absolute atomic E-state index is 4.37. The van der Waals surface area contributed by atoms with Crippen molar-refractivity contribution in [2.24, 2.45) is 0 Å². The zero-order valence-corrected chi connectivity index (χ0v) is 9.55. The number of nitrogens with zero attached hydrogens (tertiary/aromatic N) is 2. The Labute approximate surface area is 89.1 Å². The molecule has 4 heteroatoms. The molecular formula is C10H17N3S. The van der Waals surface area contributed by atoms with Gasteiger partial charge in [0.15, 0.2) is 0 Å². The Morgan fingerprint density at radius 3 is 3.21 bits per heavy atom. The van der Waals surface area contributed by atoms with Crippen molar-refractivity contribution in [1.29, 1.82) is 0 Å². The predicted octanol–water partition coefficient (Wildman–Crippen LogP) is 1.50. The van der Waals surface area contributed by atoms with Gasteiger partial charge in [0.2, 0.25) is 0 Å². The summed E-state index contributed by atoms with van der Waals surface area (Å²) in [5.41, 5.74) is 0. The number of nitrogens with one attached hydrogen (secondary N) is 1.